The summed E-state index contributed by atoms with van der Waals surface area (Å²) in [6, 6.07) is 14.8. The zero-order valence-electron chi connectivity index (χ0n) is 16.6. The van der Waals surface area contributed by atoms with Crippen molar-refractivity contribution in [2.45, 2.75) is 26.8 Å². The van der Waals surface area contributed by atoms with Gasteiger partial charge in [0, 0.05) is 22.2 Å². The molecular weight excluding hydrogens is 384 g/mol. The summed E-state index contributed by atoms with van der Waals surface area (Å²) < 4.78 is 7.72. The maximum atomic E-state index is 13.4. The minimum atomic E-state index is -0.270. The Morgan fingerprint density at radius 3 is 2.48 bits per heavy atom. The molecule has 0 unspecified atom stereocenters. The Morgan fingerprint density at radius 2 is 1.79 bits per heavy atom. The summed E-state index contributed by atoms with van der Waals surface area (Å²) in [5.74, 6) is 1.74. The van der Waals surface area contributed by atoms with Gasteiger partial charge < -0.3 is 4.74 Å². The fourth-order valence-electron chi connectivity index (χ4n) is 3.34. The Balaban J connectivity index is 2.04. The van der Waals surface area contributed by atoms with Crippen molar-refractivity contribution >= 4 is 31.6 Å². The second-order valence-corrected chi connectivity index (χ2v) is 8.44. The van der Waals surface area contributed by atoms with Gasteiger partial charge in [-0.1, -0.05) is 26.0 Å². The van der Waals surface area contributed by atoms with Crippen molar-refractivity contribution in [3.05, 3.63) is 69.1 Å². The minimum absolute atomic E-state index is 0.176. The quantitative estimate of drug-likeness (QED) is 0.451. The third-order valence-electron chi connectivity index (χ3n) is 4.98. The van der Waals surface area contributed by atoms with E-state index in [0.29, 0.717) is 28.5 Å². The summed E-state index contributed by atoms with van der Waals surface area (Å²) in [5.41, 5.74) is 0.307. The highest BCUT2D eigenvalue weighted by Gasteiger charge is 2.17. The Kier molecular flexibility index (Phi) is 5.20. The lowest BCUT2D eigenvalue weighted by Crippen LogP contribution is -2.27. The molecule has 0 amide bonds. The molecule has 0 bridgehead atoms. The number of hydrogen-bond donors (Lipinski definition) is 0. The van der Waals surface area contributed by atoms with Crippen LogP contribution in [0.5, 0.6) is 5.75 Å². The number of aromatic nitrogens is 2. The van der Waals surface area contributed by atoms with Crippen LogP contribution in [0.4, 0.5) is 0 Å². The van der Waals surface area contributed by atoms with E-state index >= 15 is 0 Å². The van der Waals surface area contributed by atoms with Crippen LogP contribution in [0.15, 0.2) is 58.1 Å². The molecule has 148 valence electrons. The van der Waals surface area contributed by atoms with E-state index in [0.717, 1.165) is 22.4 Å². The van der Waals surface area contributed by atoms with E-state index in [2.05, 4.69) is 13.8 Å². The molecule has 0 saturated carbocycles. The van der Waals surface area contributed by atoms with Gasteiger partial charge in [-0.05, 0) is 48.7 Å². The number of rotatable bonds is 5. The van der Waals surface area contributed by atoms with Gasteiger partial charge in [0.05, 0.1) is 7.11 Å². The standard InChI is InChI=1S/C23H22N2O3S/c1-14(2)12-13-25-21(15-8-10-16(28-3)11-9-15)24-22-19(23(25)27)20(26)17-6-4-5-7-18(17)29-22/h4-11,14H,12-13H2,1-3H3. The molecule has 4 aromatic rings. The Bertz CT molecular complexity index is 1300. The zero-order valence-corrected chi connectivity index (χ0v) is 17.5. The molecule has 0 atom stereocenters. The van der Waals surface area contributed by atoms with Gasteiger partial charge in [0.15, 0.2) is 0 Å². The van der Waals surface area contributed by atoms with Gasteiger partial charge in [0.2, 0.25) is 5.43 Å². The predicted molar refractivity (Wildman–Crippen MR) is 119 cm³/mol. The van der Waals surface area contributed by atoms with Crippen LogP contribution in [0.25, 0.3) is 31.7 Å². The van der Waals surface area contributed by atoms with Crippen molar-refractivity contribution < 1.29 is 4.74 Å². The monoisotopic (exact) mass is 406 g/mol. The first-order valence-electron chi connectivity index (χ1n) is 9.60. The van der Waals surface area contributed by atoms with Crippen molar-refractivity contribution in [2.75, 3.05) is 7.11 Å². The minimum Gasteiger partial charge on any atom is -0.497 e. The van der Waals surface area contributed by atoms with Gasteiger partial charge in [-0.25, -0.2) is 4.98 Å². The molecule has 0 aliphatic rings. The van der Waals surface area contributed by atoms with Gasteiger partial charge >= 0.3 is 0 Å². The maximum Gasteiger partial charge on any atom is 0.266 e. The van der Waals surface area contributed by atoms with Crippen LogP contribution in [-0.4, -0.2) is 16.7 Å². The molecule has 0 aliphatic carbocycles. The lowest BCUT2D eigenvalue weighted by Gasteiger charge is -2.15. The van der Waals surface area contributed by atoms with Crippen LogP contribution in [0.2, 0.25) is 0 Å². The molecule has 0 aliphatic heterocycles. The van der Waals surface area contributed by atoms with Crippen LogP contribution in [0, 0.1) is 5.92 Å². The molecule has 0 N–H and O–H groups in total. The first-order valence-corrected chi connectivity index (χ1v) is 10.4. The van der Waals surface area contributed by atoms with Gasteiger partial charge in [0.1, 0.15) is 21.8 Å². The molecule has 2 aromatic heterocycles. The number of hydrogen-bond acceptors (Lipinski definition) is 5. The predicted octanol–water partition coefficient (Wildman–Crippen LogP) is 4.69. The van der Waals surface area contributed by atoms with Crippen LogP contribution in [-0.2, 0) is 6.54 Å². The largest absolute Gasteiger partial charge is 0.497 e. The number of ether oxygens (including phenoxy) is 1. The molecule has 0 spiro atoms. The smallest absolute Gasteiger partial charge is 0.266 e. The van der Waals surface area contributed by atoms with E-state index in [1.807, 2.05) is 42.5 Å². The number of fused-ring (bicyclic) bond motifs is 2. The van der Waals surface area contributed by atoms with E-state index in [1.165, 1.54) is 11.3 Å². The van der Waals surface area contributed by atoms with Crippen LogP contribution in [0.1, 0.15) is 20.3 Å². The fraction of sp³-hybridized carbons (Fsp3) is 0.261. The SMILES string of the molecule is COc1ccc(-c2nc3sc4ccccc4c(=O)c3c(=O)n2CCC(C)C)cc1. The van der Waals surface area contributed by atoms with E-state index < -0.39 is 0 Å². The van der Waals surface area contributed by atoms with Crippen molar-refractivity contribution in [3.63, 3.8) is 0 Å². The van der Waals surface area contributed by atoms with Crippen molar-refractivity contribution in [2.24, 2.45) is 5.92 Å². The molecule has 0 saturated heterocycles. The number of nitrogens with zero attached hydrogens (tertiary/aromatic N) is 2. The van der Waals surface area contributed by atoms with Crippen LogP contribution in [0.3, 0.4) is 0 Å². The highest BCUT2D eigenvalue weighted by Crippen LogP contribution is 2.26. The first-order chi connectivity index (χ1) is 14.0. The van der Waals surface area contributed by atoms with Crippen LogP contribution < -0.4 is 15.7 Å². The summed E-state index contributed by atoms with van der Waals surface area (Å²) in [5, 5.41) is 0.742. The summed E-state index contributed by atoms with van der Waals surface area (Å²) >= 11 is 1.38. The molecule has 0 radical (unpaired) electrons. The Hall–Kier alpha value is -2.99. The van der Waals surface area contributed by atoms with Crippen molar-refractivity contribution in [3.8, 4) is 17.1 Å². The van der Waals surface area contributed by atoms with E-state index in [4.69, 9.17) is 9.72 Å². The van der Waals surface area contributed by atoms with Crippen molar-refractivity contribution in [1.82, 2.24) is 9.55 Å². The summed E-state index contributed by atoms with van der Waals surface area (Å²) in [6.45, 7) is 4.74. The summed E-state index contributed by atoms with van der Waals surface area (Å²) in [6.07, 6.45) is 0.821. The van der Waals surface area contributed by atoms with Gasteiger partial charge in [-0.2, -0.15) is 0 Å². The molecule has 5 nitrogen and oxygen atoms in total. The van der Waals surface area contributed by atoms with Gasteiger partial charge in [-0.15, -0.1) is 11.3 Å². The lowest BCUT2D eigenvalue weighted by atomic mass is 10.1. The molecule has 29 heavy (non-hydrogen) atoms. The second-order valence-electron chi connectivity index (χ2n) is 7.41. The average Bonchev–Trinajstić information content (AvgIpc) is 2.72. The normalized spacial score (nSPS) is 11.4. The third kappa shape index (κ3) is 3.56. The molecule has 2 heterocycles. The molecular formula is C23H22N2O3S. The van der Waals surface area contributed by atoms with Gasteiger partial charge in [-0.3, -0.25) is 14.2 Å². The summed E-state index contributed by atoms with van der Waals surface area (Å²) in [7, 11) is 1.62. The Morgan fingerprint density at radius 1 is 1.07 bits per heavy atom. The maximum absolute atomic E-state index is 13.4. The molecule has 4 rings (SSSR count). The lowest BCUT2D eigenvalue weighted by molar-refractivity contribution is 0.415. The topological polar surface area (TPSA) is 61.2 Å². The first kappa shape index (κ1) is 19.3. The molecule has 2 aromatic carbocycles. The highest BCUT2D eigenvalue weighted by molar-refractivity contribution is 7.24. The van der Waals surface area contributed by atoms with Crippen molar-refractivity contribution in [1.29, 1.82) is 0 Å². The van der Waals surface area contributed by atoms with Gasteiger partial charge in [0.25, 0.3) is 5.56 Å². The second kappa shape index (κ2) is 7.79. The Labute approximate surface area is 172 Å². The van der Waals surface area contributed by atoms with E-state index in [-0.39, 0.29) is 16.4 Å². The average molecular weight is 407 g/mol. The van der Waals surface area contributed by atoms with E-state index in [9.17, 15) is 9.59 Å². The van der Waals surface area contributed by atoms with Crippen LogP contribution >= 0.6 is 11.3 Å². The fourth-order valence-corrected chi connectivity index (χ4v) is 4.38. The summed E-state index contributed by atoms with van der Waals surface area (Å²) in [4.78, 5) is 31.8. The number of methoxy groups -OCH3 is 1. The molecule has 0 fully saturated rings. The van der Waals surface area contributed by atoms with E-state index in [1.54, 1.807) is 17.7 Å². The third-order valence-corrected chi connectivity index (χ3v) is 6.04. The molecule has 6 heteroatoms. The zero-order chi connectivity index (χ0) is 20.5. The number of benzene rings is 2. The highest BCUT2D eigenvalue weighted by atomic mass is 32.1.